The molecule has 3 amide bonds. The van der Waals surface area contributed by atoms with Crippen LogP contribution in [0.2, 0.25) is 5.02 Å². The van der Waals surface area contributed by atoms with E-state index in [1.165, 1.54) is 19.1 Å². The molecule has 1 atom stereocenters. The monoisotopic (exact) mass is 335 g/mol. The molecule has 23 heavy (non-hydrogen) atoms. The van der Waals surface area contributed by atoms with Gasteiger partial charge in [-0.25, -0.2) is 4.79 Å². The molecule has 0 heterocycles. The lowest BCUT2D eigenvalue weighted by Crippen LogP contribution is -2.47. The average molecular weight is 336 g/mol. The van der Waals surface area contributed by atoms with Crippen LogP contribution in [0.4, 0.5) is 4.79 Å². The predicted octanol–water partition coefficient (Wildman–Crippen LogP) is 2.75. The molecule has 0 bridgehead atoms. The molecule has 1 aliphatic rings. The van der Waals surface area contributed by atoms with Crippen LogP contribution in [0.15, 0.2) is 18.2 Å². The summed E-state index contributed by atoms with van der Waals surface area (Å²) in [6.45, 7) is 1.52. The van der Waals surface area contributed by atoms with Gasteiger partial charge in [-0.2, -0.15) is 5.26 Å². The van der Waals surface area contributed by atoms with Crippen LogP contribution in [0.1, 0.15) is 38.2 Å². The molecule has 0 spiro atoms. The minimum Gasteiger partial charge on any atom is -0.479 e. The van der Waals surface area contributed by atoms with E-state index in [4.69, 9.17) is 21.6 Å². The molecule has 7 heteroatoms. The summed E-state index contributed by atoms with van der Waals surface area (Å²) in [5.74, 6) is -0.273. The van der Waals surface area contributed by atoms with Crippen molar-refractivity contribution in [1.29, 1.82) is 5.26 Å². The van der Waals surface area contributed by atoms with Gasteiger partial charge in [0.2, 0.25) is 0 Å². The molecule has 1 fully saturated rings. The second-order valence-corrected chi connectivity index (χ2v) is 5.87. The van der Waals surface area contributed by atoms with E-state index in [9.17, 15) is 9.59 Å². The second kappa shape index (κ2) is 7.84. The highest BCUT2D eigenvalue weighted by Crippen LogP contribution is 2.26. The molecule has 6 nitrogen and oxygen atoms in total. The van der Waals surface area contributed by atoms with Gasteiger partial charge in [-0.3, -0.25) is 10.1 Å². The molecular formula is C16H18ClN3O3. The Labute approximate surface area is 139 Å². The topological polar surface area (TPSA) is 91.2 Å². The number of nitrogens with one attached hydrogen (secondary N) is 2. The minimum atomic E-state index is -0.894. The lowest BCUT2D eigenvalue weighted by atomic mass is 10.2. The van der Waals surface area contributed by atoms with Crippen molar-refractivity contribution in [2.75, 3.05) is 0 Å². The standard InChI is InChI=1S/C16H18ClN3O3/c1-10(23-14-7-6-11(9-18)8-13(14)17)15(21)20-16(22)19-12-4-2-3-5-12/h6-8,10,12H,2-5H2,1H3,(H2,19,20,21,22)/t10-/m1/s1. The van der Waals surface area contributed by atoms with Crippen molar-refractivity contribution < 1.29 is 14.3 Å². The zero-order valence-electron chi connectivity index (χ0n) is 12.8. The highest BCUT2D eigenvalue weighted by molar-refractivity contribution is 6.32. The molecular weight excluding hydrogens is 318 g/mol. The van der Waals surface area contributed by atoms with Crippen molar-refractivity contribution >= 4 is 23.5 Å². The van der Waals surface area contributed by atoms with E-state index in [0.717, 1.165) is 25.7 Å². The van der Waals surface area contributed by atoms with E-state index in [0.29, 0.717) is 5.56 Å². The van der Waals surface area contributed by atoms with Crippen LogP contribution in [0.5, 0.6) is 5.75 Å². The number of benzene rings is 1. The van der Waals surface area contributed by atoms with Crippen molar-refractivity contribution in [2.24, 2.45) is 0 Å². The molecule has 0 aliphatic heterocycles. The van der Waals surface area contributed by atoms with Gasteiger partial charge >= 0.3 is 6.03 Å². The highest BCUT2D eigenvalue weighted by Gasteiger charge is 2.21. The number of halogens is 1. The Bertz CT molecular complexity index is 636. The fourth-order valence-electron chi connectivity index (χ4n) is 2.42. The van der Waals surface area contributed by atoms with Crippen LogP contribution in [0.25, 0.3) is 0 Å². The van der Waals surface area contributed by atoms with Crippen LogP contribution in [-0.2, 0) is 4.79 Å². The number of rotatable bonds is 4. The summed E-state index contributed by atoms with van der Waals surface area (Å²) in [4.78, 5) is 23.7. The molecule has 0 unspecified atom stereocenters. The molecule has 0 radical (unpaired) electrons. The van der Waals surface area contributed by atoms with E-state index in [-0.39, 0.29) is 16.8 Å². The third-order valence-electron chi connectivity index (χ3n) is 3.66. The lowest BCUT2D eigenvalue weighted by Gasteiger charge is -2.17. The van der Waals surface area contributed by atoms with Crippen molar-refractivity contribution in [3.8, 4) is 11.8 Å². The number of amides is 3. The Hall–Kier alpha value is -2.26. The third kappa shape index (κ3) is 4.86. The van der Waals surface area contributed by atoms with Crippen molar-refractivity contribution in [3.05, 3.63) is 28.8 Å². The first-order valence-corrected chi connectivity index (χ1v) is 7.85. The van der Waals surface area contributed by atoms with Gasteiger partial charge in [0.15, 0.2) is 6.10 Å². The second-order valence-electron chi connectivity index (χ2n) is 5.46. The molecule has 0 aromatic heterocycles. The number of carbonyl (C=O) groups is 2. The number of nitrogens with zero attached hydrogens (tertiary/aromatic N) is 1. The summed E-state index contributed by atoms with van der Waals surface area (Å²) in [6.07, 6.45) is 3.17. The zero-order valence-corrected chi connectivity index (χ0v) is 13.5. The summed E-state index contributed by atoms with van der Waals surface area (Å²) in [5, 5.41) is 14.0. The normalized spacial score (nSPS) is 15.5. The quantitative estimate of drug-likeness (QED) is 0.885. The van der Waals surface area contributed by atoms with Gasteiger partial charge in [0, 0.05) is 6.04 Å². The van der Waals surface area contributed by atoms with E-state index >= 15 is 0 Å². The minimum absolute atomic E-state index is 0.131. The summed E-state index contributed by atoms with van der Waals surface area (Å²) < 4.78 is 5.44. The lowest BCUT2D eigenvalue weighted by molar-refractivity contribution is -0.126. The van der Waals surface area contributed by atoms with Gasteiger partial charge in [-0.15, -0.1) is 0 Å². The van der Waals surface area contributed by atoms with Crippen molar-refractivity contribution in [1.82, 2.24) is 10.6 Å². The Balaban J connectivity index is 1.87. The number of nitriles is 1. The number of hydrogen-bond acceptors (Lipinski definition) is 4. The average Bonchev–Trinajstić information content (AvgIpc) is 3.01. The Morgan fingerprint density at radius 2 is 2.09 bits per heavy atom. The summed E-state index contributed by atoms with van der Waals surface area (Å²) in [5.41, 5.74) is 0.399. The number of carbonyl (C=O) groups excluding carboxylic acids is 2. The zero-order chi connectivity index (χ0) is 16.8. The van der Waals surface area contributed by atoms with Crippen LogP contribution >= 0.6 is 11.6 Å². The van der Waals surface area contributed by atoms with Crippen LogP contribution < -0.4 is 15.4 Å². The van der Waals surface area contributed by atoms with Gasteiger partial charge in [-0.05, 0) is 38.0 Å². The van der Waals surface area contributed by atoms with E-state index < -0.39 is 18.0 Å². The maximum absolute atomic E-state index is 12.0. The first-order valence-electron chi connectivity index (χ1n) is 7.47. The van der Waals surface area contributed by atoms with E-state index in [1.807, 2.05) is 6.07 Å². The van der Waals surface area contributed by atoms with Gasteiger partial charge < -0.3 is 10.1 Å². The molecule has 1 saturated carbocycles. The summed E-state index contributed by atoms with van der Waals surface area (Å²) in [6, 6.07) is 6.09. The molecule has 1 aliphatic carbocycles. The Kier molecular flexibility index (Phi) is 5.83. The first kappa shape index (κ1) is 17.1. The van der Waals surface area contributed by atoms with Gasteiger partial charge in [0.1, 0.15) is 5.75 Å². The fraction of sp³-hybridized carbons (Fsp3) is 0.438. The van der Waals surface area contributed by atoms with Crippen molar-refractivity contribution in [2.45, 2.75) is 44.8 Å². The number of hydrogen-bond donors (Lipinski definition) is 2. The summed E-state index contributed by atoms with van der Waals surface area (Å²) >= 11 is 5.99. The highest BCUT2D eigenvalue weighted by atomic mass is 35.5. The Morgan fingerprint density at radius 3 is 2.70 bits per heavy atom. The van der Waals surface area contributed by atoms with E-state index in [2.05, 4.69) is 10.6 Å². The Morgan fingerprint density at radius 1 is 1.39 bits per heavy atom. The predicted molar refractivity (Wildman–Crippen MR) is 85.2 cm³/mol. The molecule has 2 N–H and O–H groups in total. The molecule has 122 valence electrons. The van der Waals surface area contributed by atoms with Crippen LogP contribution in [0.3, 0.4) is 0 Å². The summed E-state index contributed by atoms with van der Waals surface area (Å²) in [7, 11) is 0. The van der Waals surface area contributed by atoms with Crippen molar-refractivity contribution in [3.63, 3.8) is 0 Å². The molecule has 0 saturated heterocycles. The molecule has 1 aromatic rings. The molecule has 1 aromatic carbocycles. The molecule has 2 rings (SSSR count). The largest absolute Gasteiger partial charge is 0.479 e. The first-order chi connectivity index (χ1) is 11.0. The number of ether oxygens (including phenoxy) is 1. The SMILES string of the molecule is C[C@@H](Oc1ccc(C#N)cc1Cl)C(=O)NC(=O)NC1CCCC1. The number of imide groups is 1. The van der Waals surface area contributed by atoms with Crippen LogP contribution in [0, 0.1) is 11.3 Å². The van der Waals surface area contributed by atoms with Crippen LogP contribution in [-0.4, -0.2) is 24.1 Å². The van der Waals surface area contributed by atoms with Gasteiger partial charge in [0.05, 0.1) is 16.7 Å². The maximum Gasteiger partial charge on any atom is 0.321 e. The van der Waals surface area contributed by atoms with Gasteiger partial charge in [0.25, 0.3) is 5.91 Å². The van der Waals surface area contributed by atoms with E-state index in [1.54, 1.807) is 6.07 Å². The van der Waals surface area contributed by atoms with Gasteiger partial charge in [-0.1, -0.05) is 24.4 Å². The smallest absolute Gasteiger partial charge is 0.321 e. The fourth-order valence-corrected chi connectivity index (χ4v) is 2.64. The maximum atomic E-state index is 12.0. The third-order valence-corrected chi connectivity index (χ3v) is 3.96. The number of urea groups is 1.